The van der Waals surface area contributed by atoms with Gasteiger partial charge in [0.1, 0.15) is 22.8 Å². The average molecular weight is 458 g/mol. The lowest BCUT2D eigenvalue weighted by Gasteiger charge is -2.10. The monoisotopic (exact) mass is 457 g/mol. The first-order valence-corrected chi connectivity index (χ1v) is 10.9. The van der Waals surface area contributed by atoms with Crippen molar-refractivity contribution < 1.29 is 23.4 Å². The number of rotatable bonds is 8. The predicted molar refractivity (Wildman–Crippen MR) is 133 cm³/mol. The van der Waals surface area contributed by atoms with Gasteiger partial charge in [0.2, 0.25) is 5.91 Å². The summed E-state index contributed by atoms with van der Waals surface area (Å²) in [6, 6.07) is 19.2. The molecule has 4 rings (SSSR count). The topological polar surface area (TPSA) is 69.9 Å². The number of carbonyl (C=O) groups is 1. The SMILES string of the molecule is COc1ccc(CNC(=O)/C=C(\C)c2cc3c(-c4cccc(OC)c4)coc3cc2OC)cc1. The van der Waals surface area contributed by atoms with Crippen LogP contribution in [0.4, 0.5) is 0 Å². The number of nitrogens with one attached hydrogen (secondary N) is 1. The molecular formula is C28H27NO5. The summed E-state index contributed by atoms with van der Waals surface area (Å²) in [5, 5.41) is 3.85. The van der Waals surface area contributed by atoms with Crippen LogP contribution in [0.15, 0.2) is 77.4 Å². The molecule has 174 valence electrons. The molecule has 4 aromatic rings. The van der Waals surface area contributed by atoms with E-state index in [0.29, 0.717) is 17.9 Å². The summed E-state index contributed by atoms with van der Waals surface area (Å²) in [7, 11) is 4.87. The van der Waals surface area contributed by atoms with E-state index in [2.05, 4.69) is 5.32 Å². The largest absolute Gasteiger partial charge is 0.497 e. The highest BCUT2D eigenvalue weighted by molar-refractivity contribution is 6.00. The van der Waals surface area contributed by atoms with Crippen molar-refractivity contribution in [1.82, 2.24) is 5.32 Å². The van der Waals surface area contributed by atoms with Gasteiger partial charge in [-0.1, -0.05) is 24.3 Å². The van der Waals surface area contributed by atoms with Crippen molar-refractivity contribution in [2.45, 2.75) is 13.5 Å². The number of allylic oxidation sites excluding steroid dienone is 1. The fourth-order valence-electron chi connectivity index (χ4n) is 3.80. The number of methoxy groups -OCH3 is 3. The Balaban J connectivity index is 1.60. The van der Waals surface area contributed by atoms with Crippen LogP contribution in [0.1, 0.15) is 18.1 Å². The molecule has 0 saturated heterocycles. The minimum absolute atomic E-state index is 0.185. The van der Waals surface area contributed by atoms with Crippen molar-refractivity contribution in [3.8, 4) is 28.4 Å². The van der Waals surface area contributed by atoms with E-state index in [1.54, 1.807) is 33.7 Å². The number of hydrogen-bond acceptors (Lipinski definition) is 5. The first-order chi connectivity index (χ1) is 16.5. The third-order valence-corrected chi connectivity index (χ3v) is 5.67. The third-order valence-electron chi connectivity index (χ3n) is 5.67. The van der Waals surface area contributed by atoms with Gasteiger partial charge in [0.15, 0.2) is 0 Å². The molecule has 0 aliphatic carbocycles. The highest BCUT2D eigenvalue weighted by Gasteiger charge is 2.15. The maximum atomic E-state index is 12.6. The Morgan fingerprint density at radius 1 is 0.941 bits per heavy atom. The number of hydrogen-bond donors (Lipinski definition) is 1. The van der Waals surface area contributed by atoms with Crippen LogP contribution < -0.4 is 19.5 Å². The second kappa shape index (κ2) is 10.2. The van der Waals surface area contributed by atoms with Gasteiger partial charge in [0.25, 0.3) is 0 Å². The number of furan rings is 1. The first kappa shape index (κ1) is 23.0. The Kier molecular flexibility index (Phi) is 6.87. The Labute approximate surface area is 198 Å². The van der Waals surface area contributed by atoms with E-state index in [9.17, 15) is 4.79 Å². The first-order valence-electron chi connectivity index (χ1n) is 10.9. The molecule has 6 nitrogen and oxygen atoms in total. The van der Waals surface area contributed by atoms with E-state index in [1.165, 1.54) is 0 Å². The predicted octanol–water partition coefficient (Wildman–Crippen LogP) is 5.85. The van der Waals surface area contributed by atoms with Crippen LogP contribution in [0.2, 0.25) is 0 Å². The lowest BCUT2D eigenvalue weighted by atomic mass is 9.99. The molecular weight excluding hydrogens is 430 g/mol. The van der Waals surface area contributed by atoms with E-state index in [0.717, 1.165) is 44.7 Å². The zero-order valence-electron chi connectivity index (χ0n) is 19.7. The van der Waals surface area contributed by atoms with Gasteiger partial charge in [0, 0.05) is 35.2 Å². The Morgan fingerprint density at radius 2 is 1.71 bits per heavy atom. The molecule has 1 amide bonds. The molecule has 34 heavy (non-hydrogen) atoms. The zero-order valence-corrected chi connectivity index (χ0v) is 19.7. The van der Waals surface area contributed by atoms with Gasteiger partial charge < -0.3 is 23.9 Å². The minimum Gasteiger partial charge on any atom is -0.497 e. The van der Waals surface area contributed by atoms with Crippen LogP contribution in [-0.2, 0) is 11.3 Å². The standard InChI is InChI=1S/C28H27NO5/c1-18(12-28(30)29-16-19-8-10-21(31-2)11-9-19)23-14-24-25(17-34-27(24)15-26(23)33-4)20-6-5-7-22(13-20)32-3/h5-15,17H,16H2,1-4H3,(H,29,30)/b18-12+. The van der Waals surface area contributed by atoms with Gasteiger partial charge in [-0.05, 0) is 54.0 Å². The molecule has 0 spiro atoms. The van der Waals surface area contributed by atoms with Crippen molar-refractivity contribution in [3.05, 3.63) is 84.1 Å². The molecule has 0 radical (unpaired) electrons. The molecule has 0 saturated carbocycles. The quantitative estimate of drug-likeness (QED) is 0.336. The van der Waals surface area contributed by atoms with Gasteiger partial charge in [-0.25, -0.2) is 0 Å². The fourth-order valence-corrected chi connectivity index (χ4v) is 3.80. The summed E-state index contributed by atoms with van der Waals surface area (Å²) >= 11 is 0. The second-order valence-corrected chi connectivity index (χ2v) is 7.82. The molecule has 3 aromatic carbocycles. The lowest BCUT2D eigenvalue weighted by molar-refractivity contribution is -0.116. The number of ether oxygens (including phenoxy) is 3. The summed E-state index contributed by atoms with van der Waals surface area (Å²) in [5.74, 6) is 2.00. The summed E-state index contributed by atoms with van der Waals surface area (Å²) < 4.78 is 21.9. The lowest BCUT2D eigenvalue weighted by Crippen LogP contribution is -2.20. The van der Waals surface area contributed by atoms with Gasteiger partial charge in [-0.15, -0.1) is 0 Å². The van der Waals surface area contributed by atoms with Gasteiger partial charge in [0.05, 0.1) is 27.6 Å². The normalized spacial score (nSPS) is 11.4. The summed E-state index contributed by atoms with van der Waals surface area (Å²) in [4.78, 5) is 12.6. The summed E-state index contributed by atoms with van der Waals surface area (Å²) in [6.45, 7) is 2.31. The fraction of sp³-hybridized carbons (Fsp3) is 0.179. The number of carbonyl (C=O) groups excluding carboxylic acids is 1. The van der Waals surface area contributed by atoms with Crippen LogP contribution in [0.5, 0.6) is 17.2 Å². The summed E-state index contributed by atoms with van der Waals surface area (Å²) in [6.07, 6.45) is 3.31. The molecule has 1 aromatic heterocycles. The molecule has 0 unspecified atom stereocenters. The van der Waals surface area contributed by atoms with E-state index in [-0.39, 0.29) is 5.91 Å². The van der Waals surface area contributed by atoms with E-state index >= 15 is 0 Å². The van der Waals surface area contributed by atoms with Crippen molar-refractivity contribution in [3.63, 3.8) is 0 Å². The highest BCUT2D eigenvalue weighted by atomic mass is 16.5. The maximum Gasteiger partial charge on any atom is 0.244 e. The van der Waals surface area contributed by atoms with Crippen LogP contribution in [0, 0.1) is 0 Å². The molecule has 1 heterocycles. The van der Waals surface area contributed by atoms with E-state index < -0.39 is 0 Å². The van der Waals surface area contributed by atoms with Crippen LogP contribution in [-0.4, -0.2) is 27.2 Å². The van der Waals surface area contributed by atoms with Crippen LogP contribution >= 0.6 is 0 Å². The highest BCUT2D eigenvalue weighted by Crippen LogP contribution is 2.38. The van der Waals surface area contributed by atoms with Crippen molar-refractivity contribution in [1.29, 1.82) is 0 Å². The smallest absolute Gasteiger partial charge is 0.244 e. The molecule has 1 N–H and O–H groups in total. The molecule has 0 bridgehead atoms. The van der Waals surface area contributed by atoms with E-state index in [1.807, 2.05) is 67.6 Å². The average Bonchev–Trinajstić information content (AvgIpc) is 3.29. The molecule has 0 fully saturated rings. The summed E-state index contributed by atoms with van der Waals surface area (Å²) in [5.41, 5.74) is 5.21. The van der Waals surface area contributed by atoms with Gasteiger partial charge in [-0.2, -0.15) is 0 Å². The number of amides is 1. The Hall–Kier alpha value is -4.19. The maximum absolute atomic E-state index is 12.6. The minimum atomic E-state index is -0.185. The van der Waals surface area contributed by atoms with Crippen LogP contribution in [0.3, 0.4) is 0 Å². The third kappa shape index (κ3) is 4.91. The van der Waals surface area contributed by atoms with Crippen molar-refractivity contribution in [2.24, 2.45) is 0 Å². The van der Waals surface area contributed by atoms with Crippen molar-refractivity contribution in [2.75, 3.05) is 21.3 Å². The molecule has 0 atom stereocenters. The Bertz CT molecular complexity index is 1330. The van der Waals surface area contributed by atoms with E-state index in [4.69, 9.17) is 18.6 Å². The number of fused-ring (bicyclic) bond motifs is 1. The van der Waals surface area contributed by atoms with Gasteiger partial charge in [-0.3, -0.25) is 4.79 Å². The van der Waals surface area contributed by atoms with Crippen molar-refractivity contribution >= 4 is 22.4 Å². The second-order valence-electron chi connectivity index (χ2n) is 7.82. The van der Waals surface area contributed by atoms with Crippen LogP contribution in [0.25, 0.3) is 27.7 Å². The van der Waals surface area contributed by atoms with Gasteiger partial charge >= 0.3 is 0 Å². The molecule has 0 aliphatic heterocycles. The molecule has 0 aliphatic rings. The zero-order chi connectivity index (χ0) is 24.1. The number of benzene rings is 3. The molecule has 6 heteroatoms. The Morgan fingerprint density at radius 3 is 2.41 bits per heavy atom.